The van der Waals surface area contributed by atoms with Crippen molar-refractivity contribution in [1.29, 1.82) is 0 Å². The molecule has 0 fully saturated rings. The Hall–Kier alpha value is 2.39. The van der Waals surface area contributed by atoms with Crippen LogP contribution in [-0.2, 0) is 0 Å². The van der Waals surface area contributed by atoms with Gasteiger partial charge in [-0.1, -0.05) is 6.55 Å². The molecule has 0 saturated carbocycles. The van der Waals surface area contributed by atoms with E-state index >= 15 is 0 Å². The van der Waals surface area contributed by atoms with E-state index in [0.29, 0.717) is 0 Å². The summed E-state index contributed by atoms with van der Waals surface area (Å²) in [7, 11) is -2.11. The second-order valence-corrected chi connectivity index (χ2v) is 32.5. The summed E-state index contributed by atoms with van der Waals surface area (Å²) in [5.74, 6) is 0. The molecular formula is C2H6Cl6Si3. The zero-order valence-corrected chi connectivity index (χ0v) is 13.3. The molecule has 0 atom stereocenters. The zero-order chi connectivity index (χ0) is 9.23. The lowest BCUT2D eigenvalue weighted by Gasteiger charge is -2.28. The summed E-state index contributed by atoms with van der Waals surface area (Å²) >= 11 is 34.8. The van der Waals surface area contributed by atoms with Crippen molar-refractivity contribution in [2.45, 2.75) is 11.0 Å². The van der Waals surface area contributed by atoms with Crippen molar-refractivity contribution in [1.82, 2.24) is 0 Å². The van der Waals surface area contributed by atoms with Crippen LogP contribution in [0.15, 0.2) is 0 Å². The molecule has 0 unspecified atom stereocenters. The highest BCUT2D eigenvalue weighted by molar-refractivity contribution is 7.90. The molecule has 0 aliphatic rings. The van der Waals surface area contributed by atoms with E-state index in [1.807, 2.05) is 6.55 Å². The molecule has 11 heavy (non-hydrogen) atoms. The number of rotatable bonds is 3. The molecular weight excluding hydrogens is 321 g/mol. The van der Waals surface area contributed by atoms with Crippen molar-refractivity contribution in [3.05, 3.63) is 0 Å². The second-order valence-electron chi connectivity index (χ2n) is 2.27. The Morgan fingerprint density at radius 3 is 1.27 bits per heavy atom. The van der Waals surface area contributed by atoms with Gasteiger partial charge in [0.1, 0.15) is 7.11 Å². The lowest BCUT2D eigenvalue weighted by atomic mass is 11.8. The van der Waals surface area contributed by atoms with E-state index in [9.17, 15) is 0 Å². The highest BCUT2D eigenvalue weighted by Gasteiger charge is 2.49. The summed E-state index contributed by atoms with van der Waals surface area (Å²) in [5, 5.41) is 0. The molecule has 0 bridgehead atoms. The fourth-order valence-corrected chi connectivity index (χ4v) is 38.6. The summed E-state index contributed by atoms with van der Waals surface area (Å²) in [6.07, 6.45) is 0. The Balaban J connectivity index is 4.53. The highest BCUT2D eigenvalue weighted by atomic mass is 35.7. The van der Waals surface area contributed by atoms with E-state index in [1.165, 1.54) is 0 Å². The van der Waals surface area contributed by atoms with Crippen LogP contribution in [0, 0.1) is 0 Å². The minimum Gasteiger partial charge on any atom is -0.154 e. The summed E-state index contributed by atoms with van der Waals surface area (Å²) in [6, 6.07) is 0. The summed E-state index contributed by atoms with van der Waals surface area (Å²) in [4.78, 5) is 0. The molecule has 0 nitrogen and oxygen atoms in total. The van der Waals surface area contributed by atoms with Crippen molar-refractivity contribution in [3.8, 4) is 0 Å². The maximum atomic E-state index is 5.84. The third kappa shape index (κ3) is 3.22. The molecule has 68 valence electrons. The molecule has 0 aromatic heterocycles. The fourth-order valence-electron chi connectivity index (χ4n) is 0.286. The number of halogens is 6. The van der Waals surface area contributed by atoms with E-state index in [2.05, 4.69) is 0 Å². The Morgan fingerprint density at radius 1 is 1.00 bits per heavy atom. The van der Waals surface area contributed by atoms with Crippen LogP contribution in [0.25, 0.3) is 0 Å². The Kier molecular flexibility index (Phi) is 6.47. The molecule has 0 rings (SSSR count). The van der Waals surface area contributed by atoms with E-state index in [1.54, 1.807) is 0 Å². The Bertz CT molecular complexity index is 103. The van der Waals surface area contributed by atoms with Gasteiger partial charge in [0.15, 0.2) is 0 Å². The molecule has 0 aromatic rings. The van der Waals surface area contributed by atoms with Crippen molar-refractivity contribution >= 4 is 88.5 Å². The van der Waals surface area contributed by atoms with Crippen molar-refractivity contribution in [2.75, 3.05) is 0 Å². The average Bonchev–Trinajstić information content (AvgIpc) is 1.84. The van der Waals surface area contributed by atoms with Gasteiger partial charge >= 0.3 is 0 Å². The first-order chi connectivity index (χ1) is 4.83. The van der Waals surface area contributed by atoms with E-state index in [-0.39, 0.29) is 0 Å². The Labute approximate surface area is 98.7 Å². The van der Waals surface area contributed by atoms with Crippen LogP contribution in [0.3, 0.4) is 0 Å². The standard InChI is InChI=1S/C2H6Cl6Si3/c1-11(2(3)4,9(5)6)10(7)8/h2,9-10H,1H3. The van der Waals surface area contributed by atoms with Crippen LogP contribution in [0.1, 0.15) is 0 Å². The third-order valence-electron chi connectivity index (χ3n) is 1.41. The van der Waals surface area contributed by atoms with Crippen molar-refractivity contribution < 1.29 is 0 Å². The molecule has 0 heterocycles. The smallest absolute Gasteiger partial charge is 0.154 e. The molecule has 9 heteroatoms. The van der Waals surface area contributed by atoms with Gasteiger partial charge in [0.25, 0.3) is 0 Å². The number of hydrogen-bond donors (Lipinski definition) is 0. The maximum Gasteiger partial charge on any atom is 0.228 e. The first-order valence-electron chi connectivity index (χ1n) is 2.68. The van der Waals surface area contributed by atoms with Crippen LogP contribution >= 0.6 is 67.5 Å². The summed E-state index contributed by atoms with van der Waals surface area (Å²) in [5.41, 5.74) is 0. The highest BCUT2D eigenvalue weighted by Crippen LogP contribution is 2.30. The lowest BCUT2D eigenvalue weighted by Crippen LogP contribution is -2.57. The fraction of sp³-hybridized carbons (Fsp3) is 1.00. The van der Waals surface area contributed by atoms with Gasteiger partial charge in [0.2, 0.25) is 13.9 Å². The monoisotopic (exact) mass is 324 g/mol. The minimum absolute atomic E-state index is 0.541. The van der Waals surface area contributed by atoms with Crippen LogP contribution in [-0.4, -0.2) is 25.4 Å². The summed E-state index contributed by atoms with van der Waals surface area (Å²) in [6.45, 7) is -1.92. The lowest BCUT2D eigenvalue weighted by molar-refractivity contribution is 1.80. The molecule has 0 aliphatic heterocycles. The Morgan fingerprint density at radius 2 is 1.27 bits per heavy atom. The van der Waals surface area contributed by atoms with Crippen LogP contribution in [0.2, 0.25) is 6.55 Å². The first kappa shape index (κ1) is 13.4. The predicted octanol–water partition coefficient (Wildman–Crippen LogP) is 2.96. The van der Waals surface area contributed by atoms with Gasteiger partial charge in [-0.3, -0.25) is 0 Å². The second kappa shape index (κ2) is 5.32. The van der Waals surface area contributed by atoms with Crippen LogP contribution < -0.4 is 0 Å². The van der Waals surface area contributed by atoms with Crippen molar-refractivity contribution in [3.63, 3.8) is 0 Å². The zero-order valence-electron chi connectivity index (χ0n) is 5.50. The van der Waals surface area contributed by atoms with Gasteiger partial charge in [-0.15, -0.1) is 23.2 Å². The molecule has 0 spiro atoms. The normalized spacial score (nSPS) is 13.6. The largest absolute Gasteiger partial charge is 0.228 e. The van der Waals surface area contributed by atoms with Gasteiger partial charge in [-0.2, -0.15) is 44.3 Å². The van der Waals surface area contributed by atoms with Crippen LogP contribution in [0.4, 0.5) is 0 Å². The number of alkyl halides is 2. The SMILES string of the molecule is C[Si](C(Cl)Cl)([SiH](Cl)Cl)[SiH](Cl)Cl. The van der Waals surface area contributed by atoms with Gasteiger partial charge in [-0.05, 0) is 0 Å². The van der Waals surface area contributed by atoms with Gasteiger partial charge in [-0.25, -0.2) is 0 Å². The van der Waals surface area contributed by atoms with Crippen molar-refractivity contribution in [2.24, 2.45) is 0 Å². The quantitative estimate of drug-likeness (QED) is 0.425. The molecule has 0 saturated heterocycles. The first-order valence-corrected chi connectivity index (χ1v) is 16.7. The van der Waals surface area contributed by atoms with E-state index in [4.69, 9.17) is 67.5 Å². The molecule has 0 aliphatic carbocycles. The van der Waals surface area contributed by atoms with Gasteiger partial charge in [0.05, 0.1) is 4.46 Å². The molecule has 0 N–H and O–H groups in total. The third-order valence-corrected chi connectivity index (χ3v) is 47.8. The molecule has 0 radical (unpaired) electrons. The van der Waals surface area contributed by atoms with Gasteiger partial charge in [0, 0.05) is 0 Å². The van der Waals surface area contributed by atoms with E-state index in [0.717, 1.165) is 0 Å². The van der Waals surface area contributed by atoms with Crippen LogP contribution in [0.5, 0.6) is 0 Å². The summed E-state index contributed by atoms with van der Waals surface area (Å²) < 4.78 is -0.541. The minimum atomic E-state index is -2.11. The molecule has 0 amide bonds. The predicted molar refractivity (Wildman–Crippen MR) is 64.8 cm³/mol. The topological polar surface area (TPSA) is 0 Å². The average molecular weight is 327 g/mol. The maximum absolute atomic E-state index is 5.84. The molecule has 0 aromatic carbocycles. The number of hydrogen-bond acceptors (Lipinski definition) is 0. The van der Waals surface area contributed by atoms with Gasteiger partial charge < -0.3 is 0 Å². The van der Waals surface area contributed by atoms with E-state index < -0.39 is 25.4 Å².